The minimum atomic E-state index is -0.459. The molecule has 0 amide bonds. The molecule has 7 rings (SSSR count). The Hall–Kier alpha value is -3.74. The summed E-state index contributed by atoms with van der Waals surface area (Å²) in [5.41, 5.74) is 14.5. The number of rotatable bonds is 1. The van der Waals surface area contributed by atoms with Crippen LogP contribution in [-0.4, -0.2) is 19.7 Å². The van der Waals surface area contributed by atoms with Gasteiger partial charge in [-0.05, 0) is 69.0 Å². The Morgan fingerprint density at radius 2 is 2.03 bits per heavy atom. The van der Waals surface area contributed by atoms with Crippen LogP contribution in [0.5, 0.6) is 5.75 Å². The van der Waals surface area contributed by atoms with E-state index in [1.165, 1.54) is 17.3 Å². The second-order valence-corrected chi connectivity index (χ2v) is 10.0. The number of pyridine rings is 2. The Kier molecular flexibility index (Phi) is 4.20. The zero-order valence-corrected chi connectivity index (χ0v) is 19.8. The van der Waals surface area contributed by atoms with Crippen molar-refractivity contribution in [1.82, 2.24) is 19.7 Å². The number of hydrogen-bond acceptors (Lipinski definition) is 5. The molecule has 35 heavy (non-hydrogen) atoms. The molecule has 2 bridgehead atoms. The van der Waals surface area contributed by atoms with Crippen LogP contribution < -0.4 is 10.5 Å². The van der Waals surface area contributed by atoms with E-state index >= 15 is 0 Å². The number of nitrogens with two attached hydrogens (primary N) is 1. The van der Waals surface area contributed by atoms with Crippen molar-refractivity contribution >= 4 is 5.82 Å². The van der Waals surface area contributed by atoms with Crippen LogP contribution in [0.3, 0.4) is 0 Å². The van der Waals surface area contributed by atoms with Crippen LogP contribution in [0.2, 0.25) is 0 Å². The number of ether oxygens (including phenoxy) is 1. The van der Waals surface area contributed by atoms with Crippen LogP contribution in [0.1, 0.15) is 67.5 Å². The van der Waals surface area contributed by atoms with Gasteiger partial charge in [0.25, 0.3) is 0 Å². The highest BCUT2D eigenvalue weighted by Crippen LogP contribution is 2.64. The van der Waals surface area contributed by atoms with Crippen LogP contribution >= 0.6 is 0 Å². The van der Waals surface area contributed by atoms with Gasteiger partial charge in [0.2, 0.25) is 0 Å². The second kappa shape index (κ2) is 7.13. The van der Waals surface area contributed by atoms with E-state index in [2.05, 4.69) is 22.7 Å². The molecule has 2 N–H and O–H groups in total. The van der Waals surface area contributed by atoms with Gasteiger partial charge in [0.15, 0.2) is 11.6 Å². The summed E-state index contributed by atoms with van der Waals surface area (Å²) in [6.07, 6.45) is 6.48. The lowest BCUT2D eigenvalue weighted by Gasteiger charge is -2.24. The lowest BCUT2D eigenvalue weighted by atomic mass is 9.86. The monoisotopic (exact) mass is 467 g/mol. The van der Waals surface area contributed by atoms with E-state index in [1.807, 2.05) is 37.5 Å². The van der Waals surface area contributed by atoms with Gasteiger partial charge in [0, 0.05) is 52.5 Å². The number of fused-ring (bicyclic) bond motifs is 8. The van der Waals surface area contributed by atoms with Crippen molar-refractivity contribution in [1.29, 1.82) is 0 Å². The third-order valence-electron chi connectivity index (χ3n) is 7.97. The summed E-state index contributed by atoms with van der Waals surface area (Å²) in [5, 5.41) is 5.14. The molecule has 176 valence electrons. The van der Waals surface area contributed by atoms with Crippen molar-refractivity contribution in [3.63, 3.8) is 0 Å². The van der Waals surface area contributed by atoms with Crippen LogP contribution in [0.25, 0.3) is 22.5 Å². The molecule has 1 fully saturated rings. The lowest BCUT2D eigenvalue weighted by Crippen LogP contribution is -2.12. The first-order chi connectivity index (χ1) is 17.0. The first-order valence-electron chi connectivity index (χ1n) is 12.3. The highest BCUT2D eigenvalue weighted by atomic mass is 19.1. The number of halogens is 1. The maximum Gasteiger partial charge on any atom is 0.166 e. The van der Waals surface area contributed by atoms with Gasteiger partial charge < -0.3 is 10.5 Å². The predicted molar refractivity (Wildman–Crippen MR) is 132 cm³/mol. The summed E-state index contributed by atoms with van der Waals surface area (Å²) in [4.78, 5) is 9.33. The first kappa shape index (κ1) is 20.6. The Labute approximate surface area is 203 Å². The van der Waals surface area contributed by atoms with Gasteiger partial charge in [-0.1, -0.05) is 6.07 Å². The van der Waals surface area contributed by atoms with E-state index in [9.17, 15) is 4.39 Å². The Morgan fingerprint density at radius 1 is 1.17 bits per heavy atom. The van der Waals surface area contributed by atoms with Gasteiger partial charge in [-0.25, -0.2) is 9.37 Å². The SMILES string of the molecule is CCn1nc2c3c1-c1cnc(N)c(c1)O[C@H](C)c1cc(F)ccc1-c1ncccc1[C@H]3CC21CC1. The fraction of sp³-hybridized carbons (Fsp3) is 0.321. The fourth-order valence-corrected chi connectivity index (χ4v) is 6.12. The molecular weight excluding hydrogens is 441 g/mol. The summed E-state index contributed by atoms with van der Waals surface area (Å²) >= 11 is 0. The van der Waals surface area contributed by atoms with E-state index < -0.39 is 6.10 Å². The van der Waals surface area contributed by atoms with E-state index in [1.54, 1.807) is 6.07 Å². The molecule has 6 nitrogen and oxygen atoms in total. The van der Waals surface area contributed by atoms with E-state index in [-0.39, 0.29) is 17.2 Å². The number of nitrogens with zero attached hydrogens (tertiary/aromatic N) is 4. The molecule has 2 atom stereocenters. The fourth-order valence-electron chi connectivity index (χ4n) is 6.12. The number of hydrogen-bond donors (Lipinski definition) is 1. The van der Waals surface area contributed by atoms with Crippen LogP contribution in [0, 0.1) is 5.82 Å². The van der Waals surface area contributed by atoms with Gasteiger partial charge >= 0.3 is 0 Å². The molecule has 0 saturated heterocycles. The minimum Gasteiger partial charge on any atom is -0.482 e. The topological polar surface area (TPSA) is 78.9 Å². The quantitative estimate of drug-likeness (QED) is 0.385. The van der Waals surface area contributed by atoms with E-state index in [4.69, 9.17) is 20.6 Å². The normalized spacial score (nSPS) is 20.8. The van der Waals surface area contributed by atoms with Crippen molar-refractivity contribution < 1.29 is 9.13 Å². The van der Waals surface area contributed by atoms with Gasteiger partial charge in [0.05, 0.1) is 17.1 Å². The molecule has 3 aromatic heterocycles. The number of aromatic nitrogens is 4. The summed E-state index contributed by atoms with van der Waals surface area (Å²) in [7, 11) is 0. The maximum atomic E-state index is 14.5. The molecule has 1 spiro atoms. The van der Waals surface area contributed by atoms with Gasteiger partial charge in [-0.3, -0.25) is 9.67 Å². The molecule has 0 unspecified atom stereocenters. The number of nitrogen functional groups attached to an aromatic ring is 1. The summed E-state index contributed by atoms with van der Waals surface area (Å²) in [6, 6.07) is 11.0. The second-order valence-electron chi connectivity index (χ2n) is 10.0. The molecule has 2 aliphatic carbocycles. The van der Waals surface area contributed by atoms with Crippen LogP contribution in [0.15, 0.2) is 48.8 Å². The molecule has 1 aromatic carbocycles. The minimum absolute atomic E-state index is 0.127. The maximum absolute atomic E-state index is 14.5. The summed E-state index contributed by atoms with van der Waals surface area (Å²) in [6.45, 7) is 4.78. The van der Waals surface area contributed by atoms with E-state index in [0.717, 1.165) is 59.4 Å². The predicted octanol–water partition coefficient (Wildman–Crippen LogP) is 5.77. The zero-order chi connectivity index (χ0) is 23.9. The third-order valence-corrected chi connectivity index (χ3v) is 7.97. The standard InChI is InChI=1S/C28H26FN5O/c1-3-34-25-16-11-22(27(30)32-14-16)35-15(2)20-12-17(29)6-7-19(20)24-18(5-4-10-31-24)21-13-28(8-9-28)26(33-34)23(21)25/h4-7,10-12,14-15,21H,3,8-9,13H2,1-2H3,(H2,30,32)/t15-,21-/m1/s1. The van der Waals surface area contributed by atoms with Gasteiger partial charge in [-0.15, -0.1) is 0 Å². The number of anilines is 1. The zero-order valence-electron chi connectivity index (χ0n) is 19.8. The largest absolute Gasteiger partial charge is 0.482 e. The van der Waals surface area contributed by atoms with Crippen LogP contribution in [-0.2, 0) is 12.0 Å². The van der Waals surface area contributed by atoms with Crippen LogP contribution in [0.4, 0.5) is 10.2 Å². The van der Waals surface area contributed by atoms with Gasteiger partial charge in [-0.2, -0.15) is 5.10 Å². The molecule has 3 aliphatic rings. The molecule has 1 aliphatic heterocycles. The summed E-state index contributed by atoms with van der Waals surface area (Å²) in [5.74, 6) is 0.625. The Morgan fingerprint density at radius 3 is 2.83 bits per heavy atom. The van der Waals surface area contributed by atoms with Crippen molar-refractivity contribution in [3.8, 4) is 28.3 Å². The van der Waals surface area contributed by atoms with Crippen molar-refractivity contribution in [2.45, 2.75) is 57.1 Å². The molecule has 4 heterocycles. The van der Waals surface area contributed by atoms with Crippen molar-refractivity contribution in [2.24, 2.45) is 0 Å². The molecule has 7 heteroatoms. The van der Waals surface area contributed by atoms with Crippen molar-refractivity contribution in [3.05, 3.63) is 77.0 Å². The van der Waals surface area contributed by atoms with Crippen molar-refractivity contribution in [2.75, 3.05) is 5.73 Å². The third kappa shape index (κ3) is 2.90. The molecule has 1 saturated carbocycles. The highest BCUT2D eigenvalue weighted by Gasteiger charge is 2.56. The number of aryl methyl sites for hydroxylation is 1. The Bertz CT molecular complexity index is 1510. The number of benzene rings is 1. The van der Waals surface area contributed by atoms with E-state index in [0.29, 0.717) is 11.6 Å². The smallest absolute Gasteiger partial charge is 0.166 e. The molecule has 0 radical (unpaired) electrons. The average molecular weight is 468 g/mol. The Balaban J connectivity index is 1.59. The summed E-state index contributed by atoms with van der Waals surface area (Å²) < 4.78 is 22.9. The average Bonchev–Trinajstić information content (AvgIpc) is 3.44. The first-order valence-corrected chi connectivity index (χ1v) is 12.3. The highest BCUT2D eigenvalue weighted by molar-refractivity contribution is 5.75. The van der Waals surface area contributed by atoms with Gasteiger partial charge in [0.1, 0.15) is 11.9 Å². The molecular formula is C28H26FN5O. The lowest BCUT2D eigenvalue weighted by molar-refractivity contribution is 0.227. The molecule has 4 aromatic rings.